The predicted octanol–water partition coefficient (Wildman–Crippen LogP) is -1.37. The lowest BCUT2D eigenvalue weighted by Crippen LogP contribution is -2.41. The van der Waals surface area contributed by atoms with Gasteiger partial charge in [0.05, 0.1) is 0 Å². The Bertz CT molecular complexity index is 25.0. The third-order valence-corrected chi connectivity index (χ3v) is 0.979. The van der Waals surface area contributed by atoms with Gasteiger partial charge in [0, 0.05) is 0 Å². The lowest BCUT2D eigenvalue weighted by Gasteiger charge is -2.08. The molecule has 1 aliphatic rings. The summed E-state index contributed by atoms with van der Waals surface area (Å²) in [4.78, 5) is 0. The Morgan fingerprint density at radius 2 is 1.50 bits per heavy atom. The number of hydrogen-bond acceptors (Lipinski definition) is 2. The maximum atomic E-state index is 3.03. The first-order chi connectivity index (χ1) is 3.00. The van der Waals surface area contributed by atoms with Gasteiger partial charge in [-0.2, -0.15) is 0 Å². The fourth-order valence-electron chi connectivity index (χ4n) is 0.604. The van der Waals surface area contributed by atoms with Crippen LogP contribution in [-0.4, -0.2) is 14.8 Å². The topological polar surface area (TPSA) is 24.1 Å². The predicted molar refractivity (Wildman–Crippen MR) is 30.2 cm³/mol. The summed E-state index contributed by atoms with van der Waals surface area (Å²) in [6.07, 6.45) is 2.65. The summed E-state index contributed by atoms with van der Waals surface area (Å²) in [5.74, 6) is 0. The fourth-order valence-corrected chi connectivity index (χ4v) is 0.604. The highest BCUT2D eigenvalue weighted by molar-refractivity contribution is 6.43. The highest BCUT2D eigenvalue weighted by Crippen LogP contribution is 1.85. The van der Waals surface area contributed by atoms with Crippen molar-refractivity contribution in [3.63, 3.8) is 0 Å². The molecule has 0 aromatic rings. The summed E-state index contributed by atoms with van der Waals surface area (Å²) < 4.78 is 0. The van der Waals surface area contributed by atoms with Gasteiger partial charge in [-0.25, -0.2) is 0 Å². The quantitative estimate of drug-likeness (QED) is 0.352. The number of hydrazine groups is 1. The maximum absolute atomic E-state index is 3.03. The molecule has 0 spiro atoms. The largest absolute Gasteiger partial charge is 0.312 e. The average Bonchev–Trinajstić information content (AvgIpc) is 1.72. The molecule has 0 unspecified atom stereocenters. The molecule has 0 atom stereocenters. The summed E-state index contributed by atoms with van der Waals surface area (Å²) in [5.41, 5.74) is 0. The first kappa shape index (κ1) is 4.22. The third-order valence-electron chi connectivity index (χ3n) is 0.979. The van der Waals surface area contributed by atoms with Crippen molar-refractivity contribution < 1.29 is 0 Å². The molecule has 1 heterocycles. The van der Waals surface area contributed by atoms with Crippen LogP contribution in [0.25, 0.3) is 0 Å². The molecule has 0 aromatic carbocycles. The lowest BCUT2D eigenvalue weighted by atomic mass is 9.73. The number of nitrogens with one attached hydrogen (secondary N) is 2. The van der Waals surface area contributed by atoms with Gasteiger partial charge in [0.1, 0.15) is 0 Å². The van der Waals surface area contributed by atoms with Crippen LogP contribution in [0.3, 0.4) is 0 Å². The van der Waals surface area contributed by atoms with E-state index in [-0.39, 0.29) is 0 Å². The molecule has 0 aliphatic carbocycles. The van der Waals surface area contributed by atoms with E-state index in [0.29, 0.717) is 0 Å². The summed E-state index contributed by atoms with van der Waals surface area (Å²) in [7, 11) is 2.28. The highest BCUT2D eigenvalue weighted by Gasteiger charge is 1.97. The first-order valence-corrected chi connectivity index (χ1v) is 2.46. The summed E-state index contributed by atoms with van der Waals surface area (Å²) in [5, 5.41) is 6.07. The molecule has 4 heteroatoms. The summed E-state index contributed by atoms with van der Waals surface area (Å²) in [6.45, 7) is 0. The molecule has 0 saturated carbocycles. The molecule has 6 heavy (non-hydrogen) atoms. The van der Waals surface area contributed by atoms with Crippen molar-refractivity contribution in [1.82, 2.24) is 10.7 Å². The Kier molecular flexibility index (Phi) is 1.59. The van der Waals surface area contributed by atoms with E-state index in [1.807, 2.05) is 0 Å². The molecule has 1 aliphatic heterocycles. The maximum Gasteiger partial charge on any atom is 0.217 e. The van der Waals surface area contributed by atoms with Crippen LogP contribution < -0.4 is 10.7 Å². The molecule has 0 radical (unpaired) electrons. The van der Waals surface area contributed by atoms with Crippen LogP contribution in [0.2, 0.25) is 12.6 Å². The SMILES string of the molecule is B1CCBNN1. The Balaban J connectivity index is 2.00. The van der Waals surface area contributed by atoms with Crippen LogP contribution >= 0.6 is 0 Å². The van der Waals surface area contributed by atoms with Gasteiger partial charge in [-0.05, 0) is 0 Å². The highest BCUT2D eigenvalue weighted by atomic mass is 15.3. The third kappa shape index (κ3) is 1.03. The Morgan fingerprint density at radius 3 is 1.67 bits per heavy atom. The van der Waals surface area contributed by atoms with E-state index in [9.17, 15) is 0 Å². The molecular formula is C2H8B2N2. The fraction of sp³-hybridized carbons (Fsp3) is 1.00. The first-order valence-electron chi connectivity index (χ1n) is 2.46. The minimum absolute atomic E-state index is 1.14. The van der Waals surface area contributed by atoms with E-state index in [1.165, 1.54) is 12.6 Å². The van der Waals surface area contributed by atoms with Gasteiger partial charge >= 0.3 is 0 Å². The summed E-state index contributed by atoms with van der Waals surface area (Å²) in [6, 6.07) is 0. The molecule has 1 saturated heterocycles. The molecule has 1 fully saturated rings. The van der Waals surface area contributed by atoms with Crippen molar-refractivity contribution in [3.05, 3.63) is 0 Å². The van der Waals surface area contributed by atoms with Gasteiger partial charge in [0.2, 0.25) is 14.8 Å². The molecular weight excluding hydrogens is 73.7 g/mol. The molecule has 1 rings (SSSR count). The van der Waals surface area contributed by atoms with E-state index in [1.54, 1.807) is 0 Å². The second kappa shape index (κ2) is 2.26. The summed E-state index contributed by atoms with van der Waals surface area (Å²) >= 11 is 0. The van der Waals surface area contributed by atoms with Crippen LogP contribution in [-0.2, 0) is 0 Å². The normalized spacial score (nSPS) is 21.3. The van der Waals surface area contributed by atoms with Crippen molar-refractivity contribution in [2.75, 3.05) is 0 Å². The van der Waals surface area contributed by atoms with Crippen molar-refractivity contribution in [2.24, 2.45) is 0 Å². The molecule has 0 aromatic heterocycles. The Morgan fingerprint density at radius 1 is 1.00 bits per heavy atom. The van der Waals surface area contributed by atoms with Gasteiger partial charge in [-0.3, -0.25) is 0 Å². The van der Waals surface area contributed by atoms with Gasteiger partial charge in [-0.1, -0.05) is 12.6 Å². The zero-order valence-corrected chi connectivity index (χ0v) is 3.83. The van der Waals surface area contributed by atoms with Crippen molar-refractivity contribution >= 4 is 14.8 Å². The van der Waals surface area contributed by atoms with E-state index in [0.717, 1.165) is 14.8 Å². The van der Waals surface area contributed by atoms with Crippen molar-refractivity contribution in [2.45, 2.75) is 12.6 Å². The van der Waals surface area contributed by atoms with Crippen LogP contribution in [0.15, 0.2) is 0 Å². The van der Waals surface area contributed by atoms with Gasteiger partial charge in [0.15, 0.2) is 0 Å². The monoisotopic (exact) mass is 82.1 g/mol. The van der Waals surface area contributed by atoms with Crippen LogP contribution in [0, 0.1) is 0 Å². The van der Waals surface area contributed by atoms with Crippen LogP contribution in [0.1, 0.15) is 0 Å². The lowest BCUT2D eigenvalue weighted by molar-refractivity contribution is 0.896. The smallest absolute Gasteiger partial charge is 0.217 e. The van der Waals surface area contributed by atoms with E-state index < -0.39 is 0 Å². The minimum Gasteiger partial charge on any atom is -0.312 e. The Hall–Kier alpha value is 0.0499. The standard InChI is InChI=1S/C2H8B2N2/c1-2-4-6-5-3-1/h3-6H,1-2H2. The molecule has 2 nitrogen and oxygen atoms in total. The zero-order chi connectivity index (χ0) is 4.24. The van der Waals surface area contributed by atoms with Gasteiger partial charge in [-0.15, -0.1) is 0 Å². The second-order valence-electron chi connectivity index (χ2n) is 1.56. The second-order valence-corrected chi connectivity index (χ2v) is 1.56. The van der Waals surface area contributed by atoms with Crippen molar-refractivity contribution in [3.8, 4) is 0 Å². The minimum atomic E-state index is 1.14. The molecule has 2 N–H and O–H groups in total. The number of rotatable bonds is 0. The molecule has 32 valence electrons. The van der Waals surface area contributed by atoms with Crippen molar-refractivity contribution in [1.29, 1.82) is 0 Å². The molecule has 0 amide bonds. The van der Waals surface area contributed by atoms with Crippen LogP contribution in [0.4, 0.5) is 0 Å². The zero-order valence-electron chi connectivity index (χ0n) is 3.83. The molecule has 0 bridgehead atoms. The van der Waals surface area contributed by atoms with E-state index in [2.05, 4.69) is 10.7 Å². The van der Waals surface area contributed by atoms with E-state index >= 15 is 0 Å². The number of hydrogen-bond donors (Lipinski definition) is 2. The van der Waals surface area contributed by atoms with E-state index in [4.69, 9.17) is 0 Å². The van der Waals surface area contributed by atoms with Crippen LogP contribution in [0.5, 0.6) is 0 Å². The van der Waals surface area contributed by atoms with Gasteiger partial charge in [0.25, 0.3) is 0 Å². The average molecular weight is 81.7 g/mol. The van der Waals surface area contributed by atoms with Gasteiger partial charge < -0.3 is 10.7 Å². The Labute approximate surface area is 39.2 Å².